The van der Waals surface area contributed by atoms with E-state index < -0.39 is 5.92 Å². The van der Waals surface area contributed by atoms with Crippen LogP contribution in [0.5, 0.6) is 0 Å². The molecule has 16 heteroatoms. The number of nitrogens with zero attached hydrogens (tertiary/aromatic N) is 5. The molecule has 1 saturated heterocycles. The predicted octanol–water partition coefficient (Wildman–Crippen LogP) is 6.17. The summed E-state index contributed by atoms with van der Waals surface area (Å²) in [6, 6.07) is 25.5. The lowest BCUT2D eigenvalue weighted by atomic mass is 9.97. The van der Waals surface area contributed by atoms with Gasteiger partial charge in [-0.05, 0) is 91.9 Å². The maximum Gasteiger partial charge on any atom is 0.272 e. The number of carbonyl (C=O) groups excluding carboxylic acids is 4. The molecule has 6 N–H and O–H groups in total. The molecule has 2 aliphatic rings. The van der Waals surface area contributed by atoms with Crippen LogP contribution in [0.25, 0.3) is 11.1 Å². The number of fused-ring (bicyclic) bond motifs is 1. The molecule has 4 amide bonds. The van der Waals surface area contributed by atoms with Crippen LogP contribution in [0.2, 0.25) is 5.02 Å². The number of hydrogen-bond acceptors (Lipinski definition) is 11. The van der Waals surface area contributed by atoms with E-state index in [2.05, 4.69) is 83.8 Å². The van der Waals surface area contributed by atoms with Crippen LogP contribution in [-0.2, 0) is 33.8 Å². The van der Waals surface area contributed by atoms with Crippen molar-refractivity contribution < 1.29 is 19.2 Å². The lowest BCUT2D eigenvalue weighted by molar-refractivity contribution is -0.133. The van der Waals surface area contributed by atoms with Crippen LogP contribution in [0.1, 0.15) is 95.4 Å². The Labute approximate surface area is 417 Å². The summed E-state index contributed by atoms with van der Waals surface area (Å²) in [6.07, 6.45) is 8.69. The van der Waals surface area contributed by atoms with Crippen molar-refractivity contribution in [3.8, 4) is 11.1 Å². The first-order chi connectivity index (χ1) is 34.1. The minimum atomic E-state index is -0.400. The number of unbranched alkanes of at least 4 members (excludes halogenated alkanes) is 2. The van der Waals surface area contributed by atoms with E-state index in [0.29, 0.717) is 82.1 Å². The van der Waals surface area contributed by atoms with Gasteiger partial charge >= 0.3 is 0 Å². The van der Waals surface area contributed by atoms with Gasteiger partial charge in [0, 0.05) is 86.9 Å². The first kappa shape index (κ1) is 51.6. The third kappa shape index (κ3) is 14.6. The molecule has 0 spiro atoms. The second-order valence-corrected chi connectivity index (χ2v) is 18.7. The summed E-state index contributed by atoms with van der Waals surface area (Å²) in [5.41, 5.74) is 8.98. The molecule has 70 heavy (non-hydrogen) atoms. The summed E-state index contributed by atoms with van der Waals surface area (Å²) in [4.78, 5) is 71.2. The molecule has 3 heterocycles. The summed E-state index contributed by atoms with van der Waals surface area (Å²) in [7, 11) is 0. The SMILES string of the molecule is CCc1cccc(-c2cnc(C(=O)NCCCCCNCC(=O)NCCNCC(C(=O)N3CCN(c4ncnc5c4C(C)CC5)CC3)c3ccc(Cl)cc3)c(NC(=O)CNCc3cccc(C)c3)c2)c1. The average Bonchev–Trinajstić information content (AvgIpc) is 3.76. The van der Waals surface area contributed by atoms with E-state index in [0.717, 1.165) is 77.9 Å². The average molecular weight is 971 g/mol. The third-order valence-electron chi connectivity index (χ3n) is 13.0. The normalized spacial score (nSPS) is 14.8. The molecule has 2 unspecified atom stereocenters. The molecule has 0 saturated carbocycles. The molecule has 2 aromatic heterocycles. The van der Waals surface area contributed by atoms with E-state index in [1.165, 1.54) is 11.1 Å². The molecule has 0 bridgehead atoms. The lowest BCUT2D eigenvalue weighted by Crippen LogP contribution is -2.51. The predicted molar refractivity (Wildman–Crippen MR) is 277 cm³/mol. The first-order valence-electron chi connectivity index (χ1n) is 24.8. The van der Waals surface area contributed by atoms with Crippen molar-refractivity contribution >= 4 is 46.7 Å². The molecule has 7 rings (SSSR count). The largest absolute Gasteiger partial charge is 0.354 e. The van der Waals surface area contributed by atoms with Crippen molar-refractivity contribution in [2.24, 2.45) is 0 Å². The highest BCUT2D eigenvalue weighted by Gasteiger charge is 2.32. The number of carbonyl (C=O) groups is 4. The topological polar surface area (TPSA) is 186 Å². The fourth-order valence-corrected chi connectivity index (χ4v) is 9.25. The quantitative estimate of drug-likeness (QED) is 0.0389. The van der Waals surface area contributed by atoms with Crippen LogP contribution in [0, 0.1) is 6.92 Å². The van der Waals surface area contributed by atoms with E-state index >= 15 is 0 Å². The highest BCUT2D eigenvalue weighted by atomic mass is 35.5. The molecule has 15 nitrogen and oxygen atoms in total. The third-order valence-corrected chi connectivity index (χ3v) is 13.3. The Hall–Kier alpha value is -6.26. The Morgan fingerprint density at radius 1 is 0.757 bits per heavy atom. The Morgan fingerprint density at radius 3 is 2.33 bits per heavy atom. The molecule has 1 fully saturated rings. The minimum absolute atomic E-state index is 0.0657. The lowest BCUT2D eigenvalue weighted by Gasteiger charge is -2.38. The van der Waals surface area contributed by atoms with Crippen LogP contribution >= 0.6 is 11.6 Å². The summed E-state index contributed by atoms with van der Waals surface area (Å²) < 4.78 is 0. The molecular formula is C54H68ClN11O4. The maximum absolute atomic E-state index is 14.0. The van der Waals surface area contributed by atoms with Crippen molar-refractivity contribution in [2.45, 2.75) is 77.7 Å². The fraction of sp³-hybridized carbons (Fsp3) is 0.426. The van der Waals surface area contributed by atoms with Crippen LogP contribution in [-0.4, -0.2) is 115 Å². The second kappa shape index (κ2) is 26.1. The van der Waals surface area contributed by atoms with Crippen molar-refractivity contribution in [3.63, 3.8) is 0 Å². The zero-order valence-corrected chi connectivity index (χ0v) is 41.5. The number of pyridine rings is 1. The van der Waals surface area contributed by atoms with Gasteiger partial charge in [-0.1, -0.05) is 98.1 Å². The van der Waals surface area contributed by atoms with Crippen LogP contribution in [0.3, 0.4) is 0 Å². The van der Waals surface area contributed by atoms with Crippen LogP contribution < -0.4 is 36.8 Å². The van der Waals surface area contributed by atoms with Gasteiger partial charge in [0.25, 0.3) is 5.91 Å². The Kier molecular flexibility index (Phi) is 19.2. The highest BCUT2D eigenvalue weighted by Crippen LogP contribution is 2.37. The van der Waals surface area contributed by atoms with Gasteiger partial charge in [-0.25, -0.2) is 15.0 Å². The molecule has 3 aromatic carbocycles. The molecule has 370 valence electrons. The zero-order valence-electron chi connectivity index (χ0n) is 40.8. The van der Waals surface area contributed by atoms with Gasteiger partial charge in [-0.3, -0.25) is 19.2 Å². The van der Waals surface area contributed by atoms with Crippen molar-refractivity contribution in [3.05, 3.63) is 136 Å². The van der Waals surface area contributed by atoms with Gasteiger partial charge < -0.3 is 41.7 Å². The summed E-state index contributed by atoms with van der Waals surface area (Å²) in [5, 5.41) is 19.3. The molecule has 2 atom stereocenters. The highest BCUT2D eigenvalue weighted by molar-refractivity contribution is 6.30. The van der Waals surface area contributed by atoms with E-state index in [1.54, 1.807) is 12.5 Å². The summed E-state index contributed by atoms with van der Waals surface area (Å²) in [5.74, 6) is 0.370. The standard InChI is InChI=1S/C54H68ClN11O4/c1-4-39-11-9-13-42(29-39)43-30-47(64-49(68)35-58-31-40-12-8-10-37(2)28-40)51(61-32-43)53(69)60-21-7-5-6-20-56-34-48(67)59-23-22-57-33-45(41-15-17-44(55)18-16-41)54(70)66-26-24-65(25-27-66)52-50-38(3)14-19-46(50)62-36-63-52/h8-13,15-18,28-30,32,36,38,45,56-58H,4-7,14,19-27,31,33-35H2,1-3H3,(H,59,67)(H,60,69)(H,64,68). The van der Waals surface area contributed by atoms with E-state index in [-0.39, 0.29) is 42.4 Å². The van der Waals surface area contributed by atoms with Crippen LogP contribution in [0.4, 0.5) is 11.5 Å². The Balaban J connectivity index is 0.791. The number of rotatable bonds is 24. The van der Waals surface area contributed by atoms with Gasteiger partial charge in [0.1, 0.15) is 12.1 Å². The number of amides is 4. The van der Waals surface area contributed by atoms with Gasteiger partial charge in [0.05, 0.1) is 24.7 Å². The first-order valence-corrected chi connectivity index (χ1v) is 25.2. The van der Waals surface area contributed by atoms with Crippen molar-refractivity contribution in [2.75, 3.05) is 82.2 Å². The number of hydrogen-bond donors (Lipinski definition) is 6. The maximum atomic E-state index is 14.0. The monoisotopic (exact) mass is 970 g/mol. The van der Waals surface area contributed by atoms with Gasteiger partial charge in [0.15, 0.2) is 5.69 Å². The molecular weight excluding hydrogens is 902 g/mol. The van der Waals surface area contributed by atoms with Gasteiger partial charge in [0.2, 0.25) is 17.7 Å². The Morgan fingerprint density at radius 2 is 1.53 bits per heavy atom. The zero-order chi connectivity index (χ0) is 49.2. The molecule has 0 radical (unpaired) electrons. The number of aromatic nitrogens is 3. The number of nitrogens with one attached hydrogen (secondary N) is 6. The summed E-state index contributed by atoms with van der Waals surface area (Å²) in [6.45, 7) is 12.2. The number of benzene rings is 3. The van der Waals surface area contributed by atoms with Gasteiger partial charge in [-0.2, -0.15) is 0 Å². The number of piperazine rings is 1. The minimum Gasteiger partial charge on any atom is -0.354 e. The van der Waals surface area contributed by atoms with E-state index in [1.807, 2.05) is 72.5 Å². The van der Waals surface area contributed by atoms with Crippen molar-refractivity contribution in [1.82, 2.24) is 46.4 Å². The molecule has 1 aliphatic heterocycles. The van der Waals surface area contributed by atoms with Gasteiger partial charge in [-0.15, -0.1) is 0 Å². The fourth-order valence-electron chi connectivity index (χ4n) is 9.12. The number of aryl methyl sites for hydroxylation is 3. The van der Waals surface area contributed by atoms with E-state index in [9.17, 15) is 19.2 Å². The van der Waals surface area contributed by atoms with Crippen LogP contribution in [0.15, 0.2) is 91.4 Å². The Bertz CT molecular complexity index is 2550. The molecule has 1 aliphatic carbocycles. The van der Waals surface area contributed by atoms with E-state index in [4.69, 9.17) is 11.6 Å². The smallest absolute Gasteiger partial charge is 0.272 e. The summed E-state index contributed by atoms with van der Waals surface area (Å²) >= 11 is 6.21. The molecule has 5 aromatic rings. The second-order valence-electron chi connectivity index (χ2n) is 18.3. The number of anilines is 2. The van der Waals surface area contributed by atoms with Crippen molar-refractivity contribution in [1.29, 1.82) is 0 Å². The number of halogens is 1.